The second kappa shape index (κ2) is 12.1. The van der Waals surface area contributed by atoms with Gasteiger partial charge < -0.3 is 14.5 Å². The van der Waals surface area contributed by atoms with Crippen LogP contribution in [-0.2, 0) is 24.0 Å². The van der Waals surface area contributed by atoms with Gasteiger partial charge in [0.15, 0.2) is 0 Å². The molecule has 5 aromatic rings. The number of nitrogens with zero attached hydrogens (tertiary/aromatic N) is 5. The number of thioether (sulfide) groups is 1. The van der Waals surface area contributed by atoms with Gasteiger partial charge in [-0.1, -0.05) is 26.3 Å². The summed E-state index contributed by atoms with van der Waals surface area (Å²) in [6, 6.07) is 8.86. The second-order valence-corrected chi connectivity index (χ2v) is 14.7. The molecule has 2 aliphatic carbocycles. The molecule has 5 aromatic heterocycles. The molecule has 1 saturated heterocycles. The summed E-state index contributed by atoms with van der Waals surface area (Å²) in [4.78, 5) is 17.1. The molecule has 0 bridgehead atoms. The van der Waals surface area contributed by atoms with Crippen molar-refractivity contribution in [2.24, 2.45) is 17.8 Å². The summed E-state index contributed by atoms with van der Waals surface area (Å²) >= 11 is 3.69. The number of aryl methyl sites for hydroxylation is 4. The van der Waals surface area contributed by atoms with Crippen molar-refractivity contribution in [3.05, 3.63) is 65.2 Å². The Hall–Kier alpha value is -3.34. The number of nitrogens with one attached hydrogen (secondary N) is 1. The number of anilines is 1. The van der Waals surface area contributed by atoms with Crippen molar-refractivity contribution in [1.82, 2.24) is 25.1 Å². The Morgan fingerprint density at radius 3 is 2.69 bits per heavy atom. The van der Waals surface area contributed by atoms with Gasteiger partial charge in [0, 0.05) is 52.5 Å². The molecule has 1 saturated carbocycles. The molecule has 7 heterocycles. The van der Waals surface area contributed by atoms with E-state index in [1.165, 1.54) is 48.8 Å². The third-order valence-corrected chi connectivity index (χ3v) is 11.7. The Labute approximate surface area is 271 Å². The van der Waals surface area contributed by atoms with E-state index in [1.807, 2.05) is 37.1 Å². The van der Waals surface area contributed by atoms with E-state index in [4.69, 9.17) is 19.1 Å². The maximum atomic E-state index is 6.13. The quantitative estimate of drug-likeness (QED) is 0.190. The molecule has 1 N–H and O–H groups in total. The number of aromatic nitrogens is 5. The molecule has 3 unspecified atom stereocenters. The first-order valence-electron chi connectivity index (χ1n) is 16.3. The maximum Gasteiger partial charge on any atom is 0.250 e. The molecule has 45 heavy (non-hydrogen) atoms. The fourth-order valence-corrected chi connectivity index (χ4v) is 9.70. The normalized spacial score (nSPS) is 22.6. The van der Waals surface area contributed by atoms with Crippen LogP contribution >= 0.6 is 23.1 Å². The van der Waals surface area contributed by atoms with Gasteiger partial charge >= 0.3 is 0 Å². The Balaban J connectivity index is 0.000000966. The van der Waals surface area contributed by atoms with Crippen LogP contribution in [0.3, 0.4) is 0 Å². The Morgan fingerprint density at radius 1 is 1.00 bits per heavy atom. The van der Waals surface area contributed by atoms with E-state index in [1.54, 1.807) is 11.3 Å². The minimum Gasteiger partial charge on any atom is -0.421 e. The molecule has 8 nitrogen and oxygen atoms in total. The predicted octanol–water partition coefficient (Wildman–Crippen LogP) is 8.10. The lowest BCUT2D eigenvalue weighted by Crippen LogP contribution is -2.08. The van der Waals surface area contributed by atoms with Gasteiger partial charge in [0.2, 0.25) is 11.8 Å². The molecule has 10 heteroatoms. The highest BCUT2D eigenvalue weighted by molar-refractivity contribution is 7.99. The first-order valence-corrected chi connectivity index (χ1v) is 18.1. The first-order chi connectivity index (χ1) is 22.1. The van der Waals surface area contributed by atoms with E-state index < -0.39 is 0 Å². The summed E-state index contributed by atoms with van der Waals surface area (Å²) in [6.45, 7) is 7.94. The van der Waals surface area contributed by atoms with Crippen LogP contribution in [0, 0.1) is 24.7 Å². The van der Waals surface area contributed by atoms with E-state index in [9.17, 15) is 0 Å². The maximum absolute atomic E-state index is 6.13. The summed E-state index contributed by atoms with van der Waals surface area (Å²) < 4.78 is 13.0. The van der Waals surface area contributed by atoms with Gasteiger partial charge in [0.05, 0.1) is 40.9 Å². The monoisotopic (exact) mass is 638 g/mol. The van der Waals surface area contributed by atoms with Gasteiger partial charge in [-0.25, -0.2) is 4.98 Å². The van der Waals surface area contributed by atoms with Crippen LogP contribution < -0.4 is 5.32 Å². The van der Waals surface area contributed by atoms with Crippen molar-refractivity contribution >= 4 is 39.0 Å². The number of rotatable bonds is 7. The van der Waals surface area contributed by atoms with Gasteiger partial charge in [-0.15, -0.1) is 33.3 Å². The molecular weight excluding hydrogens is 601 g/mol. The van der Waals surface area contributed by atoms with Crippen LogP contribution in [0.15, 0.2) is 46.0 Å². The largest absolute Gasteiger partial charge is 0.421 e. The lowest BCUT2D eigenvalue weighted by molar-refractivity contribution is 0.149. The molecule has 0 amide bonds. The van der Waals surface area contributed by atoms with Crippen molar-refractivity contribution in [2.45, 2.75) is 70.2 Å². The topological polar surface area (TPSA) is 98.9 Å². The first kappa shape index (κ1) is 29.1. The van der Waals surface area contributed by atoms with E-state index in [-0.39, 0.29) is 6.04 Å². The molecule has 0 radical (unpaired) electrons. The molecular formula is C35H38N6O2S2. The number of hydrogen-bond acceptors (Lipinski definition) is 10. The van der Waals surface area contributed by atoms with Crippen molar-refractivity contribution in [3.63, 3.8) is 0 Å². The Morgan fingerprint density at radius 2 is 1.87 bits per heavy atom. The number of pyridine rings is 3. The van der Waals surface area contributed by atoms with E-state index >= 15 is 0 Å². The molecule has 2 aliphatic heterocycles. The van der Waals surface area contributed by atoms with Crippen LogP contribution in [0.1, 0.15) is 67.7 Å². The Bertz CT molecular complexity index is 1860. The third kappa shape index (κ3) is 5.34. The van der Waals surface area contributed by atoms with Crippen LogP contribution in [-0.4, -0.2) is 44.1 Å². The standard InChI is InChI=1S/C32H30N6O2S2.C3H8/c1-16-37-38-32(40-16)27-24(5-4-18-20-14-39-15-21(18)20)35-25-9-12-41-30(25)28(27)26-13-17-8-11-34-31(29(17)42-26)36-23-7-6-22-19(23)3-2-10-33-22;1-3-2/h2-3,8,10-11,13,18,20-21,23H,4-7,9,12,14-15H2,1H3,(H,34,36);3H2,1-2H3. The number of ether oxygens (including phenoxy) is 1. The number of fused-ring (bicyclic) bond motifs is 4. The van der Waals surface area contributed by atoms with E-state index in [2.05, 4.69) is 52.5 Å². The highest BCUT2D eigenvalue weighted by Gasteiger charge is 2.53. The fraction of sp³-hybridized carbons (Fsp3) is 0.457. The van der Waals surface area contributed by atoms with E-state index in [0.717, 1.165) is 85.9 Å². The minimum atomic E-state index is 0.217. The van der Waals surface area contributed by atoms with Crippen molar-refractivity contribution in [3.8, 4) is 21.9 Å². The zero-order valence-corrected chi connectivity index (χ0v) is 27.6. The summed E-state index contributed by atoms with van der Waals surface area (Å²) in [6.07, 6.45) is 10.1. The molecule has 9 rings (SSSR count). The number of hydrogen-bond donors (Lipinski definition) is 1. The van der Waals surface area contributed by atoms with Crippen LogP contribution in [0.2, 0.25) is 0 Å². The van der Waals surface area contributed by atoms with Gasteiger partial charge in [0.1, 0.15) is 5.82 Å². The Kier molecular flexibility index (Phi) is 7.83. The van der Waals surface area contributed by atoms with E-state index in [0.29, 0.717) is 11.8 Å². The van der Waals surface area contributed by atoms with Gasteiger partial charge in [-0.2, -0.15) is 0 Å². The fourth-order valence-electron chi connectivity index (χ4n) is 7.30. The predicted molar refractivity (Wildman–Crippen MR) is 180 cm³/mol. The smallest absolute Gasteiger partial charge is 0.250 e. The van der Waals surface area contributed by atoms with Crippen molar-refractivity contribution in [1.29, 1.82) is 0 Å². The molecule has 0 spiro atoms. The highest BCUT2D eigenvalue weighted by atomic mass is 32.2. The lowest BCUT2D eigenvalue weighted by Gasteiger charge is -2.16. The van der Waals surface area contributed by atoms with Crippen molar-refractivity contribution in [2.75, 3.05) is 24.3 Å². The van der Waals surface area contributed by atoms with Gasteiger partial charge in [-0.3, -0.25) is 9.97 Å². The van der Waals surface area contributed by atoms with Crippen molar-refractivity contribution < 1.29 is 9.15 Å². The average molecular weight is 639 g/mol. The van der Waals surface area contributed by atoms with Crippen LogP contribution in [0.25, 0.3) is 32.0 Å². The second-order valence-electron chi connectivity index (χ2n) is 12.5. The summed E-state index contributed by atoms with van der Waals surface area (Å²) in [5, 5.41) is 13.7. The summed E-state index contributed by atoms with van der Waals surface area (Å²) in [5.41, 5.74) is 6.96. The molecule has 4 aliphatic rings. The molecule has 232 valence electrons. The van der Waals surface area contributed by atoms with Crippen LogP contribution in [0.5, 0.6) is 0 Å². The summed E-state index contributed by atoms with van der Waals surface area (Å²) in [5.74, 6) is 5.32. The average Bonchev–Trinajstić information content (AvgIpc) is 3.76. The van der Waals surface area contributed by atoms with Gasteiger partial charge in [-0.05, 0) is 72.6 Å². The molecule has 3 atom stereocenters. The molecule has 2 fully saturated rings. The zero-order valence-electron chi connectivity index (χ0n) is 26.0. The van der Waals surface area contributed by atoms with Gasteiger partial charge in [0.25, 0.3) is 0 Å². The number of thiophene rings is 1. The minimum absolute atomic E-state index is 0.217. The third-order valence-electron chi connectivity index (χ3n) is 9.43. The molecule has 0 aromatic carbocycles. The zero-order chi connectivity index (χ0) is 30.5. The SMILES string of the molecule is CCC.Cc1nnc(-c2c(CCC3C4COCC34)nc3c(c2-c2cc4ccnc(NC5CCc6ncccc65)c4s2)SCC3)o1. The lowest BCUT2D eigenvalue weighted by atomic mass is 9.98. The van der Waals surface area contributed by atoms with Crippen LogP contribution in [0.4, 0.5) is 5.82 Å². The highest BCUT2D eigenvalue weighted by Crippen LogP contribution is 2.54. The summed E-state index contributed by atoms with van der Waals surface area (Å²) in [7, 11) is 0.